The molecular weight excluding hydrogens is 555 g/mol. The maximum absolute atomic E-state index is 12.4. The molecule has 0 N–H and O–H groups in total. The van der Waals surface area contributed by atoms with Crippen LogP contribution in [0.15, 0.2) is 66.9 Å². The highest BCUT2D eigenvalue weighted by Crippen LogP contribution is 2.25. The molecule has 3 rings (SSSR count). The van der Waals surface area contributed by atoms with Gasteiger partial charge in [0, 0.05) is 23.9 Å². The molecule has 0 fully saturated rings. The molecule has 0 saturated carbocycles. The highest BCUT2D eigenvalue weighted by atomic mass is 19.4. The second-order valence-corrected chi connectivity index (χ2v) is 10.8. The summed E-state index contributed by atoms with van der Waals surface area (Å²) in [5, 5.41) is 0. The molecule has 0 aliphatic rings. The molecule has 0 bridgehead atoms. The molecule has 5 nitrogen and oxygen atoms in total. The van der Waals surface area contributed by atoms with E-state index >= 15 is 0 Å². The van der Waals surface area contributed by atoms with Gasteiger partial charge >= 0.3 is 12.1 Å². The van der Waals surface area contributed by atoms with Gasteiger partial charge in [-0.1, -0.05) is 75.8 Å². The standard InChI is InChI=1S/C35H44F3NO4/c1-3-4-5-6-7-11-24-42-32-20-17-28(18-21-32)31-19-22-33(39-26-31)29-13-15-30(16-14-29)34(40)43-25-12-9-8-10-23-41-27(2)35(36,37)38/h13-22,26-27H,3-12,23-25H2,1-2H3. The minimum atomic E-state index is -4.33. The molecule has 3 aromatic rings. The number of unbranched alkanes of at least 4 members (excludes halogenated alkanes) is 8. The Morgan fingerprint density at radius 3 is 1.93 bits per heavy atom. The predicted molar refractivity (Wildman–Crippen MR) is 164 cm³/mol. The molecule has 0 aliphatic carbocycles. The molecule has 0 radical (unpaired) electrons. The Balaban J connectivity index is 1.36. The van der Waals surface area contributed by atoms with Crippen molar-refractivity contribution in [2.45, 2.75) is 90.3 Å². The van der Waals surface area contributed by atoms with Gasteiger partial charge < -0.3 is 14.2 Å². The third-order valence-corrected chi connectivity index (χ3v) is 7.23. The van der Waals surface area contributed by atoms with E-state index in [2.05, 4.69) is 11.9 Å². The first-order valence-corrected chi connectivity index (χ1v) is 15.4. The number of pyridine rings is 1. The summed E-state index contributed by atoms with van der Waals surface area (Å²) in [7, 11) is 0. The number of benzene rings is 2. The number of aromatic nitrogens is 1. The molecule has 2 aromatic carbocycles. The monoisotopic (exact) mass is 599 g/mol. The first-order valence-electron chi connectivity index (χ1n) is 15.4. The number of hydrogen-bond acceptors (Lipinski definition) is 5. The van der Waals surface area contributed by atoms with Crippen LogP contribution in [0, 0.1) is 0 Å². The number of carbonyl (C=O) groups excluding carboxylic acids is 1. The zero-order valence-corrected chi connectivity index (χ0v) is 25.3. The fourth-order valence-corrected chi connectivity index (χ4v) is 4.49. The number of esters is 1. The number of halogens is 3. The Labute approximate surface area is 253 Å². The maximum atomic E-state index is 12.4. The molecule has 43 heavy (non-hydrogen) atoms. The quantitative estimate of drug-likeness (QED) is 0.101. The fraction of sp³-hybridized carbons (Fsp3) is 0.486. The van der Waals surface area contributed by atoms with E-state index in [1.807, 2.05) is 54.7 Å². The normalized spacial score (nSPS) is 12.2. The summed E-state index contributed by atoms with van der Waals surface area (Å²) in [6, 6.07) is 19.2. The molecule has 0 amide bonds. The van der Waals surface area contributed by atoms with Gasteiger partial charge in [0.2, 0.25) is 0 Å². The topological polar surface area (TPSA) is 57.7 Å². The van der Waals surface area contributed by atoms with Crippen molar-refractivity contribution < 1.29 is 32.2 Å². The Kier molecular flexibility index (Phi) is 14.5. The van der Waals surface area contributed by atoms with Gasteiger partial charge in [-0.25, -0.2) is 4.79 Å². The Bertz CT molecular complexity index is 1200. The molecule has 0 spiro atoms. The van der Waals surface area contributed by atoms with Crippen molar-refractivity contribution in [3.63, 3.8) is 0 Å². The largest absolute Gasteiger partial charge is 0.494 e. The van der Waals surface area contributed by atoms with Crippen LogP contribution in [-0.2, 0) is 9.47 Å². The van der Waals surface area contributed by atoms with E-state index in [1.165, 1.54) is 32.1 Å². The van der Waals surface area contributed by atoms with Gasteiger partial charge in [0.05, 0.1) is 24.5 Å². The van der Waals surface area contributed by atoms with Gasteiger partial charge in [0.15, 0.2) is 6.10 Å². The van der Waals surface area contributed by atoms with E-state index in [1.54, 1.807) is 12.1 Å². The van der Waals surface area contributed by atoms with E-state index < -0.39 is 18.2 Å². The van der Waals surface area contributed by atoms with Gasteiger partial charge in [-0.2, -0.15) is 13.2 Å². The minimum Gasteiger partial charge on any atom is -0.494 e. The van der Waals surface area contributed by atoms with Crippen molar-refractivity contribution in [2.75, 3.05) is 19.8 Å². The Morgan fingerprint density at radius 2 is 1.30 bits per heavy atom. The lowest BCUT2D eigenvalue weighted by molar-refractivity contribution is -0.214. The summed E-state index contributed by atoms with van der Waals surface area (Å²) in [6.45, 7) is 4.30. The summed E-state index contributed by atoms with van der Waals surface area (Å²) in [4.78, 5) is 17.0. The van der Waals surface area contributed by atoms with E-state index in [-0.39, 0.29) is 13.2 Å². The Hall–Kier alpha value is -3.39. The Morgan fingerprint density at radius 1 is 0.721 bits per heavy atom. The average molecular weight is 600 g/mol. The third-order valence-electron chi connectivity index (χ3n) is 7.23. The molecule has 0 aliphatic heterocycles. The average Bonchev–Trinajstić information content (AvgIpc) is 3.01. The second kappa shape index (κ2) is 18.3. The van der Waals surface area contributed by atoms with Crippen molar-refractivity contribution in [1.29, 1.82) is 0 Å². The molecular formula is C35H44F3NO4. The van der Waals surface area contributed by atoms with Crippen LogP contribution in [0.2, 0.25) is 0 Å². The van der Waals surface area contributed by atoms with Gasteiger partial charge in [-0.15, -0.1) is 0 Å². The van der Waals surface area contributed by atoms with E-state index in [0.29, 0.717) is 24.8 Å². The maximum Gasteiger partial charge on any atom is 0.414 e. The van der Waals surface area contributed by atoms with Crippen molar-refractivity contribution in [3.05, 3.63) is 72.4 Å². The first kappa shape index (κ1) is 34.1. The lowest BCUT2D eigenvalue weighted by Gasteiger charge is -2.16. The summed E-state index contributed by atoms with van der Waals surface area (Å²) in [6.07, 6.45) is 5.84. The smallest absolute Gasteiger partial charge is 0.414 e. The van der Waals surface area contributed by atoms with Gasteiger partial charge in [-0.05, 0) is 68.5 Å². The predicted octanol–water partition coefficient (Wildman–Crippen LogP) is 9.84. The van der Waals surface area contributed by atoms with Gasteiger partial charge in [0.25, 0.3) is 0 Å². The van der Waals surface area contributed by atoms with Gasteiger partial charge in [0.1, 0.15) is 5.75 Å². The van der Waals surface area contributed by atoms with Crippen LogP contribution in [0.1, 0.15) is 88.4 Å². The van der Waals surface area contributed by atoms with Crippen LogP contribution >= 0.6 is 0 Å². The SMILES string of the molecule is CCCCCCCCOc1ccc(-c2ccc(-c3ccc(C(=O)OCCCCCCOC(C)C(F)(F)F)cc3)nc2)cc1. The van der Waals surface area contributed by atoms with Crippen molar-refractivity contribution >= 4 is 5.97 Å². The van der Waals surface area contributed by atoms with E-state index in [0.717, 1.165) is 54.5 Å². The molecule has 1 aromatic heterocycles. The highest BCUT2D eigenvalue weighted by Gasteiger charge is 2.36. The number of ether oxygens (including phenoxy) is 3. The van der Waals surface area contributed by atoms with E-state index in [9.17, 15) is 18.0 Å². The van der Waals surface area contributed by atoms with Crippen LogP contribution in [0.3, 0.4) is 0 Å². The minimum absolute atomic E-state index is 0.0618. The molecule has 1 unspecified atom stereocenters. The number of carbonyl (C=O) groups is 1. The van der Waals surface area contributed by atoms with Gasteiger partial charge in [-0.3, -0.25) is 4.98 Å². The zero-order chi connectivity index (χ0) is 30.9. The number of nitrogens with zero attached hydrogens (tertiary/aromatic N) is 1. The zero-order valence-electron chi connectivity index (χ0n) is 25.3. The third kappa shape index (κ3) is 12.4. The van der Waals surface area contributed by atoms with Crippen molar-refractivity contribution in [1.82, 2.24) is 4.98 Å². The summed E-state index contributed by atoms with van der Waals surface area (Å²) in [5.74, 6) is 0.472. The fourth-order valence-electron chi connectivity index (χ4n) is 4.49. The molecule has 1 heterocycles. The first-order chi connectivity index (χ1) is 20.8. The van der Waals surface area contributed by atoms with Crippen LogP contribution in [0.25, 0.3) is 22.4 Å². The number of rotatable bonds is 19. The molecule has 0 saturated heterocycles. The lowest BCUT2D eigenvalue weighted by Crippen LogP contribution is -2.28. The van der Waals surface area contributed by atoms with Crippen LogP contribution in [0.5, 0.6) is 5.75 Å². The highest BCUT2D eigenvalue weighted by molar-refractivity contribution is 5.90. The van der Waals surface area contributed by atoms with Crippen molar-refractivity contribution in [3.8, 4) is 28.1 Å². The second-order valence-electron chi connectivity index (χ2n) is 10.8. The molecule has 234 valence electrons. The summed E-state index contributed by atoms with van der Waals surface area (Å²) in [5.41, 5.74) is 4.22. The number of hydrogen-bond donors (Lipinski definition) is 0. The number of alkyl halides is 3. The van der Waals surface area contributed by atoms with Crippen LogP contribution in [-0.4, -0.2) is 43.1 Å². The summed E-state index contributed by atoms with van der Waals surface area (Å²) >= 11 is 0. The van der Waals surface area contributed by atoms with Crippen LogP contribution in [0.4, 0.5) is 13.2 Å². The lowest BCUT2D eigenvalue weighted by atomic mass is 10.0. The van der Waals surface area contributed by atoms with Crippen molar-refractivity contribution in [2.24, 2.45) is 0 Å². The molecule has 1 atom stereocenters. The summed E-state index contributed by atoms with van der Waals surface area (Å²) < 4.78 is 53.2. The van der Waals surface area contributed by atoms with Crippen LogP contribution < -0.4 is 4.74 Å². The molecule has 8 heteroatoms. The van der Waals surface area contributed by atoms with E-state index in [4.69, 9.17) is 14.2 Å².